The summed E-state index contributed by atoms with van der Waals surface area (Å²) in [7, 11) is 0. The minimum Gasteiger partial charge on any atom is -0.481 e. The molecule has 1 aromatic rings. The Morgan fingerprint density at radius 1 is 1.42 bits per heavy atom. The number of carboxylic acid groups (broad SMARTS) is 1. The third-order valence-electron chi connectivity index (χ3n) is 4.23. The Labute approximate surface area is 116 Å². The van der Waals surface area contributed by atoms with E-state index in [1.54, 1.807) is 23.2 Å². The van der Waals surface area contributed by atoms with Gasteiger partial charge in [-0.25, -0.2) is 0 Å². The predicted octanol–water partition coefficient (Wildman–Crippen LogP) is 2.17. The number of nitrogens with zero attached hydrogens (tertiary/aromatic N) is 1. The third kappa shape index (κ3) is 2.06. The molecule has 2 heterocycles. The van der Waals surface area contributed by atoms with Crippen LogP contribution in [0.2, 0.25) is 0 Å². The molecule has 0 spiro atoms. The molecule has 5 heteroatoms. The average Bonchev–Trinajstić information content (AvgIpc) is 3.01. The van der Waals surface area contributed by atoms with Crippen LogP contribution in [0.25, 0.3) is 0 Å². The summed E-state index contributed by atoms with van der Waals surface area (Å²) in [6.07, 6.45) is 3.89. The molecule has 2 aliphatic rings. The van der Waals surface area contributed by atoms with Crippen molar-refractivity contribution in [1.82, 2.24) is 4.90 Å². The van der Waals surface area contributed by atoms with Crippen LogP contribution in [0.5, 0.6) is 0 Å². The Morgan fingerprint density at radius 3 is 2.84 bits per heavy atom. The van der Waals surface area contributed by atoms with Crippen molar-refractivity contribution in [3.8, 4) is 0 Å². The van der Waals surface area contributed by atoms with Gasteiger partial charge < -0.3 is 10.0 Å². The smallest absolute Gasteiger partial charge is 0.311 e. The van der Waals surface area contributed by atoms with Crippen LogP contribution in [-0.4, -0.2) is 35.0 Å². The van der Waals surface area contributed by atoms with E-state index < -0.39 is 11.4 Å². The zero-order valence-electron chi connectivity index (χ0n) is 10.9. The minimum absolute atomic E-state index is 0.00405. The third-order valence-corrected chi connectivity index (χ3v) is 5.46. The molecule has 3 rings (SSSR count). The quantitative estimate of drug-likeness (QED) is 0.902. The Hall–Kier alpha value is -1.36. The monoisotopic (exact) mass is 279 g/mol. The highest BCUT2D eigenvalue weighted by atomic mass is 32.1. The van der Waals surface area contributed by atoms with E-state index >= 15 is 0 Å². The lowest BCUT2D eigenvalue weighted by atomic mass is 9.90. The molecule has 1 aromatic heterocycles. The number of fused-ring (bicyclic) bond motifs is 1. The first-order valence-electron chi connectivity index (χ1n) is 6.64. The Balaban J connectivity index is 1.76. The molecular weight excluding hydrogens is 262 g/mol. The van der Waals surface area contributed by atoms with E-state index in [4.69, 9.17) is 0 Å². The number of carboxylic acids is 1. The average molecular weight is 279 g/mol. The summed E-state index contributed by atoms with van der Waals surface area (Å²) in [5.74, 6) is -0.805. The van der Waals surface area contributed by atoms with E-state index in [1.165, 1.54) is 16.9 Å². The van der Waals surface area contributed by atoms with Gasteiger partial charge in [-0.1, -0.05) is 0 Å². The lowest BCUT2D eigenvalue weighted by Gasteiger charge is -2.19. The van der Waals surface area contributed by atoms with Gasteiger partial charge in [0.25, 0.3) is 5.91 Å². The maximum Gasteiger partial charge on any atom is 0.311 e. The molecule has 1 aliphatic carbocycles. The summed E-state index contributed by atoms with van der Waals surface area (Å²) >= 11 is 1.59. The summed E-state index contributed by atoms with van der Waals surface area (Å²) in [6, 6.07) is 2.01. The zero-order valence-corrected chi connectivity index (χ0v) is 11.8. The number of likely N-dealkylation sites (tertiary alicyclic amines) is 1. The number of carbonyl (C=O) groups excluding carboxylic acids is 1. The van der Waals surface area contributed by atoms with Crippen LogP contribution in [0, 0.1) is 5.41 Å². The van der Waals surface area contributed by atoms with Gasteiger partial charge in [0.05, 0.1) is 10.3 Å². The molecule has 0 unspecified atom stereocenters. The molecule has 1 fully saturated rings. The van der Waals surface area contributed by atoms with Crippen LogP contribution in [0.4, 0.5) is 0 Å². The highest BCUT2D eigenvalue weighted by Gasteiger charge is 2.42. The van der Waals surface area contributed by atoms with Crippen molar-refractivity contribution in [2.45, 2.75) is 32.6 Å². The molecule has 1 saturated heterocycles. The van der Waals surface area contributed by atoms with Crippen molar-refractivity contribution in [3.05, 3.63) is 21.4 Å². The molecule has 0 saturated carbocycles. The molecule has 0 bridgehead atoms. The number of rotatable bonds is 2. The van der Waals surface area contributed by atoms with Crippen molar-refractivity contribution < 1.29 is 14.7 Å². The van der Waals surface area contributed by atoms with E-state index in [9.17, 15) is 14.7 Å². The van der Waals surface area contributed by atoms with Crippen molar-refractivity contribution >= 4 is 23.2 Å². The summed E-state index contributed by atoms with van der Waals surface area (Å²) in [4.78, 5) is 27.4. The molecule has 1 aliphatic heterocycles. The maximum absolute atomic E-state index is 12.4. The number of aliphatic carboxylic acids is 1. The SMILES string of the molecule is C[C@]1(C(=O)O)CCN(C(=O)c2cc3c(s2)CCC3)C1. The summed E-state index contributed by atoms with van der Waals surface area (Å²) < 4.78 is 0. The lowest BCUT2D eigenvalue weighted by molar-refractivity contribution is -0.147. The van der Waals surface area contributed by atoms with Crippen molar-refractivity contribution in [2.75, 3.05) is 13.1 Å². The Morgan fingerprint density at radius 2 is 2.21 bits per heavy atom. The van der Waals surface area contributed by atoms with Gasteiger partial charge in [-0.15, -0.1) is 11.3 Å². The van der Waals surface area contributed by atoms with E-state index in [0.717, 1.165) is 17.7 Å². The Bertz CT molecular complexity index is 529. The standard InChI is InChI=1S/C14H17NO3S/c1-14(13(17)18)5-6-15(8-14)12(16)11-7-9-3-2-4-10(9)19-11/h7H,2-6,8H2,1H3,(H,17,18)/t14-/m0/s1. The fraction of sp³-hybridized carbons (Fsp3) is 0.571. The van der Waals surface area contributed by atoms with Gasteiger partial charge in [0, 0.05) is 18.0 Å². The summed E-state index contributed by atoms with van der Waals surface area (Å²) in [5, 5.41) is 9.20. The van der Waals surface area contributed by atoms with Crippen LogP contribution in [-0.2, 0) is 17.6 Å². The van der Waals surface area contributed by atoms with Crippen molar-refractivity contribution in [1.29, 1.82) is 0 Å². The molecule has 102 valence electrons. The van der Waals surface area contributed by atoms with Crippen LogP contribution >= 0.6 is 11.3 Å². The fourth-order valence-corrected chi connectivity index (χ4v) is 4.12. The largest absolute Gasteiger partial charge is 0.481 e. The molecule has 1 N–H and O–H groups in total. The summed E-state index contributed by atoms with van der Waals surface area (Å²) in [6.45, 7) is 2.59. The number of aryl methyl sites for hydroxylation is 2. The Kier molecular flexibility index (Phi) is 2.89. The van der Waals surface area contributed by atoms with E-state index in [1.807, 2.05) is 6.07 Å². The number of hydrogen-bond donors (Lipinski definition) is 1. The van der Waals surface area contributed by atoms with Crippen LogP contribution < -0.4 is 0 Å². The normalized spacial score (nSPS) is 25.6. The molecule has 0 radical (unpaired) electrons. The van der Waals surface area contributed by atoms with Gasteiger partial charge in [-0.2, -0.15) is 0 Å². The second-order valence-electron chi connectivity index (χ2n) is 5.76. The first kappa shape index (κ1) is 12.7. The first-order valence-corrected chi connectivity index (χ1v) is 7.45. The van der Waals surface area contributed by atoms with E-state index in [0.29, 0.717) is 19.5 Å². The van der Waals surface area contributed by atoms with Crippen molar-refractivity contribution in [2.24, 2.45) is 5.41 Å². The number of carbonyl (C=O) groups is 2. The van der Waals surface area contributed by atoms with Gasteiger partial charge in [-0.3, -0.25) is 9.59 Å². The topological polar surface area (TPSA) is 57.6 Å². The molecule has 19 heavy (non-hydrogen) atoms. The molecule has 4 nitrogen and oxygen atoms in total. The van der Waals surface area contributed by atoms with Crippen molar-refractivity contribution in [3.63, 3.8) is 0 Å². The number of hydrogen-bond acceptors (Lipinski definition) is 3. The lowest BCUT2D eigenvalue weighted by Crippen LogP contribution is -2.34. The van der Waals surface area contributed by atoms with Crippen LogP contribution in [0.1, 0.15) is 39.9 Å². The minimum atomic E-state index is -0.809. The number of thiophene rings is 1. The second kappa shape index (κ2) is 4.34. The van der Waals surface area contributed by atoms with E-state index in [-0.39, 0.29) is 5.91 Å². The highest BCUT2D eigenvalue weighted by Crippen LogP contribution is 2.34. The molecule has 1 atom stereocenters. The van der Waals surface area contributed by atoms with Gasteiger partial charge in [-0.05, 0) is 44.2 Å². The maximum atomic E-state index is 12.4. The number of amides is 1. The van der Waals surface area contributed by atoms with Gasteiger partial charge >= 0.3 is 5.97 Å². The van der Waals surface area contributed by atoms with Gasteiger partial charge in [0.2, 0.25) is 0 Å². The first-order chi connectivity index (χ1) is 8.99. The second-order valence-corrected chi connectivity index (χ2v) is 6.89. The van der Waals surface area contributed by atoms with E-state index in [2.05, 4.69) is 0 Å². The zero-order chi connectivity index (χ0) is 13.6. The molecule has 1 amide bonds. The molecular formula is C14H17NO3S. The van der Waals surface area contributed by atoms with Crippen LogP contribution in [0.3, 0.4) is 0 Å². The fourth-order valence-electron chi connectivity index (χ4n) is 2.90. The van der Waals surface area contributed by atoms with Gasteiger partial charge in [0.15, 0.2) is 0 Å². The predicted molar refractivity (Wildman–Crippen MR) is 72.6 cm³/mol. The summed E-state index contributed by atoms with van der Waals surface area (Å²) in [5.41, 5.74) is 0.531. The van der Waals surface area contributed by atoms with Gasteiger partial charge in [0.1, 0.15) is 0 Å². The highest BCUT2D eigenvalue weighted by molar-refractivity contribution is 7.14. The molecule has 0 aromatic carbocycles. The van der Waals surface area contributed by atoms with Crippen LogP contribution in [0.15, 0.2) is 6.07 Å².